The van der Waals surface area contributed by atoms with E-state index in [4.69, 9.17) is 0 Å². The molecular formula is C21H24N4O4S. The molecule has 0 aliphatic rings. The Labute approximate surface area is 175 Å². The second-order valence-corrected chi connectivity index (χ2v) is 8.88. The fourth-order valence-corrected chi connectivity index (χ4v) is 3.74. The Morgan fingerprint density at radius 2 is 1.83 bits per heavy atom. The fraction of sp³-hybridized carbons (Fsp3) is 0.286. The molecule has 0 spiro atoms. The predicted octanol–water partition coefficient (Wildman–Crippen LogP) is 3.58. The average Bonchev–Trinajstić information content (AvgIpc) is 2.70. The number of rotatable bonds is 9. The first-order valence-electron chi connectivity index (χ1n) is 9.56. The number of non-ortho nitro benzene ring substituents is 1. The third kappa shape index (κ3) is 5.98. The lowest BCUT2D eigenvalue weighted by molar-refractivity contribution is -0.384. The number of aromatic nitrogens is 1. The zero-order chi connectivity index (χ0) is 21.7. The maximum Gasteiger partial charge on any atom is 0.270 e. The van der Waals surface area contributed by atoms with Crippen molar-refractivity contribution in [2.24, 2.45) is 0 Å². The van der Waals surface area contributed by atoms with E-state index < -0.39 is 14.9 Å². The zero-order valence-electron chi connectivity index (χ0n) is 16.9. The number of sulfonamides is 1. The van der Waals surface area contributed by atoms with E-state index in [1.165, 1.54) is 12.1 Å². The molecule has 158 valence electrons. The second-order valence-electron chi connectivity index (χ2n) is 7.13. The molecule has 0 aliphatic carbocycles. The lowest BCUT2D eigenvalue weighted by Gasteiger charge is -2.20. The molecule has 8 nitrogen and oxygen atoms in total. The molecule has 0 bridgehead atoms. The van der Waals surface area contributed by atoms with Gasteiger partial charge in [0.05, 0.1) is 22.4 Å². The molecule has 3 aromatic rings. The summed E-state index contributed by atoms with van der Waals surface area (Å²) in [5.74, 6) is 0. The van der Waals surface area contributed by atoms with Gasteiger partial charge in [-0.15, -0.1) is 0 Å². The van der Waals surface area contributed by atoms with Crippen molar-refractivity contribution in [3.05, 3.63) is 76.0 Å². The predicted molar refractivity (Wildman–Crippen MR) is 118 cm³/mol. The Balaban J connectivity index is 1.62. The van der Waals surface area contributed by atoms with Crippen LogP contribution in [0, 0.1) is 10.1 Å². The van der Waals surface area contributed by atoms with E-state index in [9.17, 15) is 18.5 Å². The van der Waals surface area contributed by atoms with Gasteiger partial charge in [-0.25, -0.2) is 8.42 Å². The van der Waals surface area contributed by atoms with E-state index in [-0.39, 0.29) is 5.69 Å². The van der Waals surface area contributed by atoms with Gasteiger partial charge < -0.3 is 0 Å². The molecule has 0 saturated heterocycles. The third-order valence-electron chi connectivity index (χ3n) is 4.75. The third-order valence-corrected chi connectivity index (χ3v) is 5.35. The maximum absolute atomic E-state index is 11.3. The molecule has 0 saturated carbocycles. The number of anilines is 1. The van der Waals surface area contributed by atoms with Crippen molar-refractivity contribution in [1.82, 2.24) is 9.88 Å². The van der Waals surface area contributed by atoms with Crippen molar-refractivity contribution in [1.29, 1.82) is 0 Å². The number of nitro groups is 1. The van der Waals surface area contributed by atoms with E-state index in [0.717, 1.165) is 47.9 Å². The number of fused-ring (bicyclic) bond motifs is 1. The van der Waals surface area contributed by atoms with Gasteiger partial charge in [0.15, 0.2) is 0 Å². The van der Waals surface area contributed by atoms with Crippen molar-refractivity contribution in [3.8, 4) is 0 Å². The molecule has 9 heteroatoms. The molecule has 30 heavy (non-hydrogen) atoms. The van der Waals surface area contributed by atoms with Gasteiger partial charge in [-0.05, 0) is 42.8 Å². The maximum atomic E-state index is 11.3. The van der Waals surface area contributed by atoms with Crippen LogP contribution in [0.2, 0.25) is 0 Å². The van der Waals surface area contributed by atoms with E-state index >= 15 is 0 Å². The van der Waals surface area contributed by atoms with Crippen molar-refractivity contribution in [2.75, 3.05) is 24.1 Å². The van der Waals surface area contributed by atoms with Crippen LogP contribution in [-0.2, 0) is 23.0 Å². The van der Waals surface area contributed by atoms with Gasteiger partial charge in [0.2, 0.25) is 10.0 Å². The first kappa shape index (κ1) is 21.7. The highest BCUT2D eigenvalue weighted by Crippen LogP contribution is 2.20. The van der Waals surface area contributed by atoms with Crippen LogP contribution in [0.25, 0.3) is 10.9 Å². The molecule has 0 aliphatic heterocycles. The van der Waals surface area contributed by atoms with Gasteiger partial charge >= 0.3 is 0 Å². The van der Waals surface area contributed by atoms with Crippen LogP contribution in [-0.4, -0.2) is 42.6 Å². The van der Waals surface area contributed by atoms with Crippen LogP contribution in [0.4, 0.5) is 11.4 Å². The summed E-state index contributed by atoms with van der Waals surface area (Å²) in [4.78, 5) is 17.4. The Morgan fingerprint density at radius 3 is 2.47 bits per heavy atom. The number of nitro benzene ring substituents is 1. The lowest BCUT2D eigenvalue weighted by atomic mass is 10.1. The summed E-state index contributed by atoms with van der Waals surface area (Å²) >= 11 is 0. The van der Waals surface area contributed by atoms with Gasteiger partial charge in [-0.2, -0.15) is 0 Å². The summed E-state index contributed by atoms with van der Waals surface area (Å²) in [7, 11) is -3.28. The standard InChI is InChI=1S/C21H24N4O4S/c1-3-24(13-12-16-4-7-18(8-5-16)23-30(2,28)29)15-19-9-6-17-14-20(25(26)27)10-11-21(17)22-19/h4-11,14,23H,3,12-13,15H2,1-2H3. The monoisotopic (exact) mass is 428 g/mol. The molecule has 0 atom stereocenters. The summed E-state index contributed by atoms with van der Waals surface area (Å²) in [5, 5.41) is 11.7. The van der Waals surface area contributed by atoms with E-state index in [2.05, 4.69) is 21.5 Å². The molecule has 1 aromatic heterocycles. The molecule has 0 unspecified atom stereocenters. The zero-order valence-corrected chi connectivity index (χ0v) is 17.7. The normalized spacial score (nSPS) is 11.7. The minimum atomic E-state index is -3.28. The van der Waals surface area contributed by atoms with Crippen molar-refractivity contribution < 1.29 is 13.3 Å². The quantitative estimate of drug-likeness (QED) is 0.412. The Kier molecular flexibility index (Phi) is 6.63. The molecule has 0 amide bonds. The highest BCUT2D eigenvalue weighted by atomic mass is 32.2. The van der Waals surface area contributed by atoms with Crippen LogP contribution in [0.5, 0.6) is 0 Å². The van der Waals surface area contributed by atoms with E-state index in [0.29, 0.717) is 12.2 Å². The van der Waals surface area contributed by atoms with Crippen LogP contribution in [0.1, 0.15) is 18.2 Å². The lowest BCUT2D eigenvalue weighted by Crippen LogP contribution is -2.25. The molecule has 1 N–H and O–H groups in total. The van der Waals surface area contributed by atoms with E-state index in [1.54, 1.807) is 18.2 Å². The smallest absolute Gasteiger partial charge is 0.270 e. The Bertz CT molecular complexity index is 1150. The summed E-state index contributed by atoms with van der Waals surface area (Å²) in [5.41, 5.74) is 3.37. The molecule has 0 radical (unpaired) electrons. The first-order chi connectivity index (χ1) is 14.2. The average molecular weight is 429 g/mol. The Morgan fingerprint density at radius 1 is 1.10 bits per heavy atom. The number of hydrogen-bond acceptors (Lipinski definition) is 6. The van der Waals surface area contributed by atoms with Crippen molar-refractivity contribution in [2.45, 2.75) is 19.9 Å². The number of pyridine rings is 1. The van der Waals surface area contributed by atoms with Crippen molar-refractivity contribution >= 4 is 32.3 Å². The minimum Gasteiger partial charge on any atom is -0.297 e. The molecule has 0 fully saturated rings. The van der Waals surface area contributed by atoms with E-state index in [1.807, 2.05) is 24.3 Å². The summed E-state index contributed by atoms with van der Waals surface area (Å²) in [6, 6.07) is 15.8. The molecule has 1 heterocycles. The van der Waals surface area contributed by atoms with Crippen molar-refractivity contribution in [3.63, 3.8) is 0 Å². The van der Waals surface area contributed by atoms with Crippen LogP contribution >= 0.6 is 0 Å². The number of likely N-dealkylation sites (N-methyl/N-ethyl adjacent to an activating group) is 1. The summed E-state index contributed by atoms with van der Waals surface area (Å²) in [6.45, 7) is 4.45. The van der Waals surface area contributed by atoms with Gasteiger partial charge in [0.25, 0.3) is 5.69 Å². The van der Waals surface area contributed by atoms with Crippen LogP contribution < -0.4 is 4.72 Å². The van der Waals surface area contributed by atoms with Gasteiger partial charge in [0.1, 0.15) is 0 Å². The number of hydrogen-bond donors (Lipinski definition) is 1. The van der Waals surface area contributed by atoms with Gasteiger partial charge in [-0.3, -0.25) is 24.7 Å². The first-order valence-corrected chi connectivity index (χ1v) is 11.5. The number of nitrogens with one attached hydrogen (secondary N) is 1. The van der Waals surface area contributed by atoms with Crippen LogP contribution in [0.15, 0.2) is 54.6 Å². The molecular weight excluding hydrogens is 404 g/mol. The largest absolute Gasteiger partial charge is 0.297 e. The summed E-state index contributed by atoms with van der Waals surface area (Å²) in [6.07, 6.45) is 1.95. The highest BCUT2D eigenvalue weighted by molar-refractivity contribution is 7.92. The molecule has 3 rings (SSSR count). The summed E-state index contributed by atoms with van der Waals surface area (Å²) < 4.78 is 25.0. The fourth-order valence-electron chi connectivity index (χ4n) is 3.18. The topological polar surface area (TPSA) is 105 Å². The SMILES string of the molecule is CCN(CCc1ccc(NS(C)(=O)=O)cc1)Cc1ccc2cc([N+](=O)[O-])ccc2n1. The Hall–Kier alpha value is -3.04. The van der Waals surface area contributed by atoms with Gasteiger partial charge in [0, 0.05) is 36.3 Å². The minimum absolute atomic E-state index is 0.0602. The van der Waals surface area contributed by atoms with Gasteiger partial charge in [-0.1, -0.05) is 25.1 Å². The number of benzene rings is 2. The number of nitrogens with zero attached hydrogens (tertiary/aromatic N) is 3. The highest BCUT2D eigenvalue weighted by Gasteiger charge is 2.10. The molecule has 2 aromatic carbocycles. The second kappa shape index (κ2) is 9.19. The van der Waals surface area contributed by atoms with Crippen LogP contribution in [0.3, 0.4) is 0 Å².